The van der Waals surface area contributed by atoms with Gasteiger partial charge in [0.15, 0.2) is 0 Å². The van der Waals surface area contributed by atoms with Crippen molar-refractivity contribution in [2.75, 3.05) is 18.8 Å². The minimum absolute atomic E-state index is 0.0891. The van der Waals surface area contributed by atoms with E-state index >= 15 is 0 Å². The number of anilines is 1. The highest BCUT2D eigenvalue weighted by molar-refractivity contribution is 5.95. The molecule has 3 N–H and O–H groups in total. The molecule has 0 aliphatic carbocycles. The molecule has 2 heterocycles. The number of aliphatic hydroxyl groups excluding tert-OH is 1. The standard InChI is InChI=1S/C11H15N3O2/c1-7-4-8(5-10(12)13-7)11(16)14-3-2-9(15)6-14/h4-5,9,15H,2-3,6H2,1H3,(H2,12,13). The zero-order valence-corrected chi connectivity index (χ0v) is 9.18. The Morgan fingerprint density at radius 2 is 2.38 bits per heavy atom. The third kappa shape index (κ3) is 2.14. The molecule has 1 aliphatic rings. The molecule has 86 valence electrons. The fourth-order valence-electron chi connectivity index (χ4n) is 1.93. The monoisotopic (exact) mass is 221 g/mol. The quantitative estimate of drug-likeness (QED) is 0.709. The molecule has 0 aromatic carbocycles. The topological polar surface area (TPSA) is 79.5 Å². The molecule has 0 bridgehead atoms. The smallest absolute Gasteiger partial charge is 0.254 e. The predicted molar refractivity (Wildman–Crippen MR) is 59.9 cm³/mol. The molecule has 1 aromatic heterocycles. The zero-order valence-electron chi connectivity index (χ0n) is 9.18. The van der Waals surface area contributed by atoms with E-state index in [2.05, 4.69) is 4.98 Å². The molecule has 1 saturated heterocycles. The number of hydrogen-bond acceptors (Lipinski definition) is 4. The molecule has 5 nitrogen and oxygen atoms in total. The van der Waals surface area contributed by atoms with Gasteiger partial charge in [-0.3, -0.25) is 4.79 Å². The van der Waals surface area contributed by atoms with Crippen LogP contribution >= 0.6 is 0 Å². The van der Waals surface area contributed by atoms with E-state index in [1.807, 2.05) is 0 Å². The van der Waals surface area contributed by atoms with Crippen LogP contribution in [0.3, 0.4) is 0 Å². The number of carbonyl (C=O) groups excluding carboxylic acids is 1. The normalized spacial score (nSPS) is 20.1. The molecule has 0 radical (unpaired) electrons. The van der Waals surface area contributed by atoms with Gasteiger partial charge in [-0.1, -0.05) is 0 Å². The third-order valence-electron chi connectivity index (χ3n) is 2.67. The van der Waals surface area contributed by atoms with E-state index in [9.17, 15) is 9.90 Å². The molecule has 5 heteroatoms. The molecule has 0 saturated carbocycles. The Balaban J connectivity index is 2.20. The summed E-state index contributed by atoms with van der Waals surface area (Å²) in [5, 5.41) is 9.37. The van der Waals surface area contributed by atoms with Crippen LogP contribution in [0.2, 0.25) is 0 Å². The van der Waals surface area contributed by atoms with Gasteiger partial charge in [0.25, 0.3) is 5.91 Å². The molecule has 1 aliphatic heterocycles. The fourth-order valence-corrected chi connectivity index (χ4v) is 1.93. The first kappa shape index (κ1) is 10.9. The van der Waals surface area contributed by atoms with Crippen LogP contribution in [-0.2, 0) is 0 Å². The number of nitrogens with two attached hydrogens (primary N) is 1. The van der Waals surface area contributed by atoms with E-state index in [0.29, 0.717) is 30.9 Å². The van der Waals surface area contributed by atoms with Crippen molar-refractivity contribution in [2.24, 2.45) is 0 Å². The van der Waals surface area contributed by atoms with Crippen molar-refractivity contribution in [3.05, 3.63) is 23.4 Å². The first-order valence-electron chi connectivity index (χ1n) is 5.28. The third-order valence-corrected chi connectivity index (χ3v) is 2.67. The van der Waals surface area contributed by atoms with Crippen LogP contribution in [0.5, 0.6) is 0 Å². The Hall–Kier alpha value is -1.62. The molecule has 1 amide bonds. The molecule has 16 heavy (non-hydrogen) atoms. The summed E-state index contributed by atoms with van der Waals surface area (Å²) in [7, 11) is 0. The van der Waals surface area contributed by atoms with Gasteiger partial charge in [0.05, 0.1) is 6.10 Å². The molecular weight excluding hydrogens is 206 g/mol. The number of β-amino-alcohol motifs (C(OH)–C–C–N with tert-alkyl or cyclic N) is 1. The van der Waals surface area contributed by atoms with E-state index in [1.54, 1.807) is 24.0 Å². The average Bonchev–Trinajstić information content (AvgIpc) is 2.62. The number of nitrogens with zero attached hydrogens (tertiary/aromatic N) is 2. The van der Waals surface area contributed by atoms with Gasteiger partial charge < -0.3 is 15.7 Å². The summed E-state index contributed by atoms with van der Waals surface area (Å²) in [6.07, 6.45) is 0.245. The van der Waals surface area contributed by atoms with Gasteiger partial charge in [0.1, 0.15) is 5.82 Å². The van der Waals surface area contributed by atoms with Gasteiger partial charge in [0.2, 0.25) is 0 Å². The van der Waals surface area contributed by atoms with Gasteiger partial charge in [-0.05, 0) is 25.5 Å². The van der Waals surface area contributed by atoms with Crippen LogP contribution in [0, 0.1) is 6.92 Å². The zero-order chi connectivity index (χ0) is 11.7. The lowest BCUT2D eigenvalue weighted by atomic mass is 10.2. The number of pyridine rings is 1. The number of aryl methyl sites for hydroxylation is 1. The second kappa shape index (κ2) is 4.09. The number of amides is 1. The van der Waals surface area contributed by atoms with Crippen LogP contribution in [0.4, 0.5) is 5.82 Å². The van der Waals surface area contributed by atoms with E-state index in [0.717, 1.165) is 5.69 Å². The maximum Gasteiger partial charge on any atom is 0.254 e. The molecular formula is C11H15N3O2. The first-order chi connectivity index (χ1) is 7.56. The predicted octanol–water partition coefficient (Wildman–Crippen LogP) is 0.179. The summed E-state index contributed by atoms with van der Waals surface area (Å²) >= 11 is 0. The van der Waals surface area contributed by atoms with Crippen molar-refractivity contribution in [2.45, 2.75) is 19.4 Å². The van der Waals surface area contributed by atoms with E-state index < -0.39 is 6.10 Å². The van der Waals surface area contributed by atoms with Gasteiger partial charge in [-0.25, -0.2) is 4.98 Å². The summed E-state index contributed by atoms with van der Waals surface area (Å²) in [6.45, 7) is 2.80. The highest BCUT2D eigenvalue weighted by Crippen LogP contribution is 2.15. The highest BCUT2D eigenvalue weighted by atomic mass is 16.3. The van der Waals surface area contributed by atoms with Crippen LogP contribution in [-0.4, -0.2) is 40.1 Å². The lowest BCUT2D eigenvalue weighted by molar-refractivity contribution is 0.0765. The number of carbonyl (C=O) groups is 1. The van der Waals surface area contributed by atoms with Crippen LogP contribution in [0.1, 0.15) is 22.5 Å². The van der Waals surface area contributed by atoms with Crippen LogP contribution in [0.25, 0.3) is 0 Å². The second-order valence-electron chi connectivity index (χ2n) is 4.12. The lowest BCUT2D eigenvalue weighted by Gasteiger charge is -2.15. The number of nitrogen functional groups attached to an aromatic ring is 1. The lowest BCUT2D eigenvalue weighted by Crippen LogP contribution is -2.29. The largest absolute Gasteiger partial charge is 0.391 e. The molecule has 0 spiro atoms. The summed E-state index contributed by atoms with van der Waals surface area (Å²) in [6, 6.07) is 3.28. The maximum atomic E-state index is 12.0. The Labute approximate surface area is 93.9 Å². The van der Waals surface area contributed by atoms with Gasteiger partial charge >= 0.3 is 0 Å². The highest BCUT2D eigenvalue weighted by Gasteiger charge is 2.25. The minimum Gasteiger partial charge on any atom is -0.391 e. The Morgan fingerprint density at radius 1 is 1.62 bits per heavy atom. The first-order valence-corrected chi connectivity index (χ1v) is 5.28. The van der Waals surface area contributed by atoms with Crippen molar-refractivity contribution in [3.63, 3.8) is 0 Å². The Morgan fingerprint density at radius 3 is 2.94 bits per heavy atom. The number of aromatic nitrogens is 1. The minimum atomic E-state index is -0.399. The van der Waals surface area contributed by atoms with Crippen LogP contribution in [0.15, 0.2) is 12.1 Å². The van der Waals surface area contributed by atoms with E-state index in [4.69, 9.17) is 5.73 Å². The average molecular weight is 221 g/mol. The van der Waals surface area contributed by atoms with Crippen molar-refractivity contribution in [1.29, 1.82) is 0 Å². The molecule has 1 aromatic rings. The Kier molecular flexibility index (Phi) is 2.78. The maximum absolute atomic E-state index is 12.0. The summed E-state index contributed by atoms with van der Waals surface area (Å²) in [4.78, 5) is 17.7. The van der Waals surface area contributed by atoms with Crippen LogP contribution < -0.4 is 5.73 Å². The van der Waals surface area contributed by atoms with Crippen molar-refractivity contribution in [1.82, 2.24) is 9.88 Å². The van der Waals surface area contributed by atoms with Gasteiger partial charge in [-0.15, -0.1) is 0 Å². The molecule has 1 fully saturated rings. The summed E-state index contributed by atoms with van der Waals surface area (Å²) in [5.74, 6) is 0.261. The van der Waals surface area contributed by atoms with E-state index in [1.165, 1.54) is 0 Å². The molecule has 1 unspecified atom stereocenters. The fraction of sp³-hybridized carbons (Fsp3) is 0.455. The number of aliphatic hydroxyl groups is 1. The SMILES string of the molecule is Cc1cc(C(=O)N2CCC(O)C2)cc(N)n1. The number of rotatable bonds is 1. The van der Waals surface area contributed by atoms with Crippen molar-refractivity contribution < 1.29 is 9.90 Å². The summed E-state index contributed by atoms with van der Waals surface area (Å²) < 4.78 is 0. The van der Waals surface area contributed by atoms with E-state index in [-0.39, 0.29) is 5.91 Å². The van der Waals surface area contributed by atoms with Gasteiger partial charge in [0, 0.05) is 24.3 Å². The summed E-state index contributed by atoms with van der Waals surface area (Å²) in [5.41, 5.74) is 6.86. The van der Waals surface area contributed by atoms with Crippen molar-refractivity contribution in [3.8, 4) is 0 Å². The van der Waals surface area contributed by atoms with Gasteiger partial charge in [-0.2, -0.15) is 0 Å². The Bertz CT molecular complexity index is 399. The molecule has 1 atom stereocenters. The van der Waals surface area contributed by atoms with Crippen molar-refractivity contribution >= 4 is 11.7 Å². The number of hydrogen-bond donors (Lipinski definition) is 2. The number of likely N-dealkylation sites (tertiary alicyclic amines) is 1. The molecule has 2 rings (SSSR count). The second-order valence-corrected chi connectivity index (χ2v) is 4.12.